The van der Waals surface area contributed by atoms with Gasteiger partial charge in [0.1, 0.15) is 0 Å². The minimum absolute atomic E-state index is 0.256. The molecular weight excluding hydrogens is 226 g/mol. The predicted octanol–water partition coefficient (Wildman–Crippen LogP) is -2.40. The maximum absolute atomic E-state index is 10.5. The molecule has 0 aromatic heterocycles. The van der Waals surface area contributed by atoms with E-state index in [1.165, 1.54) is 0 Å². The molecule has 90 valence electrons. The van der Waals surface area contributed by atoms with Gasteiger partial charge in [0.25, 0.3) is 0 Å². The van der Waals surface area contributed by atoms with Crippen LogP contribution in [0.25, 0.3) is 0 Å². The van der Waals surface area contributed by atoms with Crippen LogP contribution >= 0.6 is 0 Å². The SMILES string of the molecule is NN=CN=NN.O=S(=O)(CCO)CCO. The zero-order valence-corrected chi connectivity index (χ0v) is 8.84. The summed E-state index contributed by atoms with van der Waals surface area (Å²) in [6.45, 7) is -0.745. The van der Waals surface area contributed by atoms with Gasteiger partial charge in [-0.05, 0) is 0 Å². The number of hydrogen-bond acceptors (Lipinski definition) is 7. The average Bonchev–Trinajstić information content (AvgIpc) is 2.15. The van der Waals surface area contributed by atoms with Gasteiger partial charge in [-0.15, -0.1) is 5.11 Å². The molecule has 0 rings (SSSR count). The van der Waals surface area contributed by atoms with Crippen LogP contribution in [0.3, 0.4) is 0 Å². The normalized spacial score (nSPS) is 11.6. The number of aliphatic hydroxyl groups excluding tert-OH is 2. The Balaban J connectivity index is 0. The van der Waals surface area contributed by atoms with Gasteiger partial charge in [0.2, 0.25) is 0 Å². The van der Waals surface area contributed by atoms with Crippen LogP contribution in [0.4, 0.5) is 0 Å². The second kappa shape index (κ2) is 10.8. The average molecular weight is 241 g/mol. The van der Waals surface area contributed by atoms with Crippen molar-refractivity contribution in [3.05, 3.63) is 0 Å². The first-order valence-corrected chi connectivity index (χ1v) is 5.60. The zero-order valence-electron chi connectivity index (χ0n) is 8.02. The van der Waals surface area contributed by atoms with E-state index in [1.807, 2.05) is 0 Å². The Kier molecular flexibility index (Phi) is 11.7. The summed E-state index contributed by atoms with van der Waals surface area (Å²) in [6.07, 6.45) is 1.04. The minimum atomic E-state index is -3.18. The summed E-state index contributed by atoms with van der Waals surface area (Å²) in [4.78, 5) is 0. The van der Waals surface area contributed by atoms with Gasteiger partial charge in [0.15, 0.2) is 16.2 Å². The predicted molar refractivity (Wildman–Crippen MR) is 54.5 cm³/mol. The van der Waals surface area contributed by atoms with Crippen molar-refractivity contribution in [1.82, 2.24) is 0 Å². The van der Waals surface area contributed by atoms with E-state index in [9.17, 15) is 8.42 Å². The van der Waals surface area contributed by atoms with Gasteiger partial charge in [-0.3, -0.25) is 0 Å². The number of aliphatic hydroxyl groups is 2. The second-order valence-corrected chi connectivity index (χ2v) is 4.40. The molecule has 0 radical (unpaired) electrons. The van der Waals surface area contributed by atoms with Crippen molar-refractivity contribution in [2.24, 2.45) is 27.1 Å². The molecule has 0 saturated carbocycles. The molecule has 0 unspecified atom stereocenters. The van der Waals surface area contributed by atoms with Crippen LogP contribution in [0, 0.1) is 0 Å². The van der Waals surface area contributed by atoms with E-state index in [4.69, 9.17) is 10.2 Å². The summed E-state index contributed by atoms with van der Waals surface area (Å²) >= 11 is 0. The molecule has 15 heavy (non-hydrogen) atoms. The van der Waals surface area contributed by atoms with Crippen molar-refractivity contribution < 1.29 is 18.6 Å². The summed E-state index contributed by atoms with van der Waals surface area (Å²) in [7, 11) is -3.18. The fraction of sp³-hybridized carbons (Fsp3) is 0.800. The van der Waals surface area contributed by atoms with E-state index in [2.05, 4.69) is 27.1 Å². The van der Waals surface area contributed by atoms with Crippen molar-refractivity contribution in [2.45, 2.75) is 0 Å². The number of nitrogens with zero attached hydrogens (tertiary/aromatic N) is 3. The lowest BCUT2D eigenvalue weighted by atomic mass is 10.9. The first-order valence-electron chi connectivity index (χ1n) is 3.78. The van der Waals surface area contributed by atoms with E-state index in [-0.39, 0.29) is 24.7 Å². The Morgan fingerprint density at radius 2 is 1.60 bits per heavy atom. The van der Waals surface area contributed by atoms with Crippen LogP contribution in [-0.4, -0.2) is 49.7 Å². The van der Waals surface area contributed by atoms with Gasteiger partial charge in [-0.25, -0.2) is 8.42 Å². The molecule has 0 aromatic rings. The molecule has 0 spiro atoms. The number of rotatable bonds is 5. The highest BCUT2D eigenvalue weighted by Crippen LogP contribution is 1.86. The first-order chi connectivity index (χ1) is 7.04. The van der Waals surface area contributed by atoms with Crippen molar-refractivity contribution in [3.8, 4) is 0 Å². The number of sulfone groups is 1. The molecule has 0 heterocycles. The third-order valence-electron chi connectivity index (χ3n) is 0.990. The maximum atomic E-state index is 10.5. The fourth-order valence-corrected chi connectivity index (χ4v) is 1.20. The van der Waals surface area contributed by atoms with E-state index in [0.29, 0.717) is 0 Å². The summed E-state index contributed by atoms with van der Waals surface area (Å²) in [5.74, 6) is 8.59. The molecule has 0 aromatic carbocycles. The standard InChI is InChI=1S/C4H10O4S.CH5N5/c5-1-3-9(7,8)4-2-6;2-4-1-5-6-3/h5-6H,1-4H2;1H,2H2,(H2,3,4,5). The van der Waals surface area contributed by atoms with E-state index >= 15 is 0 Å². The van der Waals surface area contributed by atoms with Crippen LogP contribution in [0.5, 0.6) is 0 Å². The van der Waals surface area contributed by atoms with Crippen molar-refractivity contribution in [3.63, 3.8) is 0 Å². The number of hydrogen-bond donors (Lipinski definition) is 4. The summed E-state index contributed by atoms with van der Waals surface area (Å²) in [6, 6.07) is 0. The first kappa shape index (κ1) is 16.2. The quantitative estimate of drug-likeness (QED) is 0.138. The molecule has 6 N–H and O–H groups in total. The molecule has 0 aliphatic carbocycles. The molecule has 0 saturated heterocycles. The summed E-state index contributed by atoms with van der Waals surface area (Å²) < 4.78 is 21.0. The van der Waals surface area contributed by atoms with Gasteiger partial charge in [-0.2, -0.15) is 5.10 Å². The Morgan fingerprint density at radius 3 is 1.80 bits per heavy atom. The lowest BCUT2D eigenvalue weighted by Gasteiger charge is -1.96. The fourth-order valence-electron chi connectivity index (χ4n) is 0.440. The highest BCUT2D eigenvalue weighted by atomic mass is 32.2. The molecular formula is C5H15N5O4S. The molecule has 0 aliphatic heterocycles. The van der Waals surface area contributed by atoms with Crippen molar-refractivity contribution >= 4 is 16.2 Å². The topological polar surface area (TPSA) is 164 Å². The molecule has 0 amide bonds. The Labute approximate surface area is 87.4 Å². The highest BCUT2D eigenvalue weighted by molar-refractivity contribution is 7.91. The maximum Gasteiger partial charge on any atom is 0.159 e. The molecule has 0 aliphatic rings. The number of hydrazone groups is 1. The van der Waals surface area contributed by atoms with Gasteiger partial charge in [-0.1, -0.05) is 5.22 Å². The lowest BCUT2D eigenvalue weighted by Crippen LogP contribution is -2.15. The van der Waals surface area contributed by atoms with Crippen molar-refractivity contribution in [2.75, 3.05) is 24.7 Å². The lowest BCUT2D eigenvalue weighted by molar-refractivity contribution is 0.312. The number of nitrogens with two attached hydrogens (primary N) is 2. The van der Waals surface area contributed by atoms with Crippen LogP contribution < -0.4 is 11.7 Å². The zero-order chi connectivity index (χ0) is 12.2. The highest BCUT2D eigenvalue weighted by Gasteiger charge is 2.06. The smallest absolute Gasteiger partial charge is 0.159 e. The van der Waals surface area contributed by atoms with Crippen LogP contribution in [-0.2, 0) is 9.84 Å². The second-order valence-electron chi connectivity index (χ2n) is 2.09. The largest absolute Gasteiger partial charge is 0.395 e. The van der Waals surface area contributed by atoms with E-state index in [1.54, 1.807) is 0 Å². The van der Waals surface area contributed by atoms with Gasteiger partial charge in [0.05, 0.1) is 24.7 Å². The molecule has 9 nitrogen and oxygen atoms in total. The van der Waals surface area contributed by atoms with Crippen LogP contribution in [0.15, 0.2) is 15.4 Å². The monoisotopic (exact) mass is 241 g/mol. The van der Waals surface area contributed by atoms with E-state index in [0.717, 1.165) is 6.34 Å². The third-order valence-corrected chi connectivity index (χ3v) is 2.60. The van der Waals surface area contributed by atoms with Gasteiger partial charge in [0, 0.05) is 0 Å². The molecule has 0 bridgehead atoms. The minimum Gasteiger partial charge on any atom is -0.395 e. The molecule has 0 fully saturated rings. The van der Waals surface area contributed by atoms with Gasteiger partial charge >= 0.3 is 0 Å². The Bertz CT molecular complexity index is 253. The molecule has 0 atom stereocenters. The third kappa shape index (κ3) is 15.5. The molecule has 10 heteroatoms. The van der Waals surface area contributed by atoms with E-state index < -0.39 is 9.84 Å². The summed E-state index contributed by atoms with van der Waals surface area (Å²) in [5.41, 5.74) is 0. The Morgan fingerprint density at radius 1 is 1.13 bits per heavy atom. The summed E-state index contributed by atoms with van der Waals surface area (Å²) in [5, 5.41) is 25.2. The van der Waals surface area contributed by atoms with Crippen LogP contribution in [0.1, 0.15) is 0 Å². The Hall–Kier alpha value is -1.26. The van der Waals surface area contributed by atoms with Crippen LogP contribution in [0.2, 0.25) is 0 Å². The van der Waals surface area contributed by atoms with Gasteiger partial charge < -0.3 is 21.9 Å². The van der Waals surface area contributed by atoms with Crippen molar-refractivity contribution in [1.29, 1.82) is 0 Å².